The van der Waals surface area contributed by atoms with Gasteiger partial charge in [-0.25, -0.2) is 13.2 Å². The summed E-state index contributed by atoms with van der Waals surface area (Å²) in [6.45, 7) is 1.91. The van der Waals surface area contributed by atoms with Gasteiger partial charge in [0.15, 0.2) is 0 Å². The van der Waals surface area contributed by atoms with Crippen LogP contribution in [0.2, 0.25) is 0 Å². The van der Waals surface area contributed by atoms with Crippen molar-refractivity contribution in [2.45, 2.75) is 6.42 Å². The molecule has 126 valence electrons. The third kappa shape index (κ3) is 3.69. The lowest BCUT2D eigenvalue weighted by atomic mass is 10.1. The first kappa shape index (κ1) is 16.4. The van der Waals surface area contributed by atoms with Crippen molar-refractivity contribution in [2.24, 2.45) is 0 Å². The Bertz CT molecular complexity index is 726. The van der Waals surface area contributed by atoms with Crippen LogP contribution in [-0.2, 0) is 11.2 Å². The fourth-order valence-electron chi connectivity index (χ4n) is 2.82. The molecule has 0 bridgehead atoms. The molecule has 1 fully saturated rings. The molecular formula is C18H17F3N2O. The molecule has 0 aromatic heterocycles. The molecule has 2 aromatic carbocycles. The Morgan fingerprint density at radius 1 is 0.875 bits per heavy atom. The third-order valence-electron chi connectivity index (χ3n) is 4.15. The normalized spacial score (nSPS) is 14.8. The molecule has 0 aliphatic carbocycles. The molecule has 24 heavy (non-hydrogen) atoms. The molecule has 0 N–H and O–H groups in total. The average Bonchev–Trinajstić information content (AvgIpc) is 2.57. The maximum absolute atomic E-state index is 13.8. The second kappa shape index (κ2) is 6.95. The van der Waals surface area contributed by atoms with Crippen molar-refractivity contribution in [1.29, 1.82) is 0 Å². The van der Waals surface area contributed by atoms with Gasteiger partial charge in [-0.05, 0) is 29.8 Å². The van der Waals surface area contributed by atoms with E-state index in [0.29, 0.717) is 31.9 Å². The summed E-state index contributed by atoms with van der Waals surface area (Å²) in [7, 11) is 0. The zero-order valence-corrected chi connectivity index (χ0v) is 13.0. The Hall–Kier alpha value is -2.50. The zero-order chi connectivity index (χ0) is 17.1. The van der Waals surface area contributed by atoms with Crippen LogP contribution in [0.3, 0.4) is 0 Å². The highest BCUT2D eigenvalue weighted by Gasteiger charge is 2.23. The summed E-state index contributed by atoms with van der Waals surface area (Å²) in [5.74, 6) is -1.58. The number of rotatable bonds is 3. The minimum Gasteiger partial charge on any atom is -0.366 e. The molecule has 6 heteroatoms. The topological polar surface area (TPSA) is 23.6 Å². The number of anilines is 1. The molecule has 2 aromatic rings. The highest BCUT2D eigenvalue weighted by molar-refractivity contribution is 5.79. The van der Waals surface area contributed by atoms with Crippen LogP contribution in [0.1, 0.15) is 5.56 Å². The van der Waals surface area contributed by atoms with E-state index in [1.54, 1.807) is 21.9 Å². The van der Waals surface area contributed by atoms with Gasteiger partial charge in [-0.15, -0.1) is 0 Å². The smallest absolute Gasteiger partial charge is 0.227 e. The van der Waals surface area contributed by atoms with Crippen LogP contribution in [0.4, 0.5) is 18.9 Å². The molecule has 0 saturated carbocycles. The van der Waals surface area contributed by atoms with Crippen molar-refractivity contribution in [2.75, 3.05) is 31.1 Å². The van der Waals surface area contributed by atoms with Crippen molar-refractivity contribution >= 4 is 11.6 Å². The van der Waals surface area contributed by atoms with E-state index in [1.165, 1.54) is 24.3 Å². The first-order valence-electron chi connectivity index (χ1n) is 7.75. The summed E-state index contributed by atoms with van der Waals surface area (Å²) >= 11 is 0. The van der Waals surface area contributed by atoms with Crippen LogP contribution >= 0.6 is 0 Å². The molecule has 1 amide bonds. The molecule has 3 rings (SSSR count). The fraction of sp³-hybridized carbons (Fsp3) is 0.278. The van der Waals surface area contributed by atoms with Gasteiger partial charge in [0.25, 0.3) is 0 Å². The summed E-state index contributed by atoms with van der Waals surface area (Å²) in [6, 6.07) is 9.36. The van der Waals surface area contributed by atoms with E-state index in [4.69, 9.17) is 0 Å². The number of halogens is 3. The predicted octanol–water partition coefficient (Wildman–Crippen LogP) is 3.00. The lowest BCUT2D eigenvalue weighted by Gasteiger charge is -2.36. The predicted molar refractivity (Wildman–Crippen MR) is 85.3 cm³/mol. The van der Waals surface area contributed by atoms with Crippen LogP contribution in [0, 0.1) is 17.5 Å². The van der Waals surface area contributed by atoms with Gasteiger partial charge in [-0.3, -0.25) is 4.79 Å². The van der Waals surface area contributed by atoms with E-state index in [0.717, 1.165) is 11.6 Å². The Kier molecular flexibility index (Phi) is 4.74. The summed E-state index contributed by atoms with van der Waals surface area (Å²) < 4.78 is 39.7. The molecule has 3 nitrogen and oxygen atoms in total. The van der Waals surface area contributed by atoms with E-state index in [9.17, 15) is 18.0 Å². The molecule has 0 radical (unpaired) electrons. The first-order valence-corrected chi connectivity index (χ1v) is 7.75. The van der Waals surface area contributed by atoms with Gasteiger partial charge in [-0.2, -0.15) is 0 Å². The quantitative estimate of drug-likeness (QED) is 0.861. The van der Waals surface area contributed by atoms with Gasteiger partial charge < -0.3 is 9.80 Å². The Labute approximate surface area is 138 Å². The molecule has 1 saturated heterocycles. The molecule has 0 spiro atoms. The largest absolute Gasteiger partial charge is 0.366 e. The van der Waals surface area contributed by atoms with E-state index in [1.807, 2.05) is 0 Å². The van der Waals surface area contributed by atoms with Crippen molar-refractivity contribution in [3.63, 3.8) is 0 Å². The van der Waals surface area contributed by atoms with Crippen molar-refractivity contribution in [3.05, 3.63) is 65.5 Å². The van der Waals surface area contributed by atoms with E-state index in [-0.39, 0.29) is 18.1 Å². The van der Waals surface area contributed by atoms with E-state index < -0.39 is 11.6 Å². The fourth-order valence-corrected chi connectivity index (χ4v) is 2.82. The molecular weight excluding hydrogens is 317 g/mol. The lowest BCUT2D eigenvalue weighted by Crippen LogP contribution is -2.49. The van der Waals surface area contributed by atoms with Crippen LogP contribution in [0.25, 0.3) is 0 Å². The SMILES string of the molecule is O=C(Cc1ccc(F)cc1)N1CCN(c2ccc(F)cc2F)CC1. The van der Waals surface area contributed by atoms with Gasteiger partial charge >= 0.3 is 0 Å². The van der Waals surface area contributed by atoms with Gasteiger partial charge in [0.2, 0.25) is 5.91 Å². The molecule has 1 aliphatic rings. The molecule has 0 unspecified atom stereocenters. The number of benzene rings is 2. The van der Waals surface area contributed by atoms with Crippen LogP contribution < -0.4 is 4.90 Å². The number of hydrogen-bond donors (Lipinski definition) is 0. The van der Waals surface area contributed by atoms with Gasteiger partial charge in [0.1, 0.15) is 17.5 Å². The van der Waals surface area contributed by atoms with E-state index in [2.05, 4.69) is 0 Å². The number of piperazine rings is 1. The number of carbonyl (C=O) groups excluding carboxylic acids is 1. The minimum atomic E-state index is -0.607. The van der Waals surface area contributed by atoms with E-state index >= 15 is 0 Å². The lowest BCUT2D eigenvalue weighted by molar-refractivity contribution is -0.130. The first-order chi connectivity index (χ1) is 11.5. The van der Waals surface area contributed by atoms with Crippen molar-refractivity contribution in [1.82, 2.24) is 4.90 Å². The maximum atomic E-state index is 13.8. The Morgan fingerprint density at radius 2 is 1.50 bits per heavy atom. The van der Waals surface area contributed by atoms with Gasteiger partial charge in [0, 0.05) is 32.2 Å². The number of carbonyl (C=O) groups is 1. The summed E-state index contributed by atoms with van der Waals surface area (Å²) in [4.78, 5) is 15.8. The van der Waals surface area contributed by atoms with Crippen molar-refractivity contribution < 1.29 is 18.0 Å². The number of hydrogen-bond acceptors (Lipinski definition) is 2. The molecule has 1 heterocycles. The molecule has 1 aliphatic heterocycles. The Morgan fingerprint density at radius 3 is 2.12 bits per heavy atom. The van der Waals surface area contributed by atoms with Crippen molar-refractivity contribution in [3.8, 4) is 0 Å². The zero-order valence-electron chi connectivity index (χ0n) is 13.0. The summed E-state index contributed by atoms with van der Waals surface area (Å²) in [5, 5.41) is 0. The van der Waals surface area contributed by atoms with Gasteiger partial charge in [-0.1, -0.05) is 12.1 Å². The second-order valence-electron chi connectivity index (χ2n) is 5.77. The molecule has 0 atom stereocenters. The number of amides is 1. The maximum Gasteiger partial charge on any atom is 0.227 e. The second-order valence-corrected chi connectivity index (χ2v) is 5.77. The number of nitrogens with zero attached hydrogens (tertiary/aromatic N) is 2. The monoisotopic (exact) mass is 334 g/mol. The van der Waals surface area contributed by atoms with Crippen LogP contribution in [0.15, 0.2) is 42.5 Å². The average molecular weight is 334 g/mol. The Balaban J connectivity index is 1.58. The van der Waals surface area contributed by atoms with Crippen LogP contribution in [-0.4, -0.2) is 37.0 Å². The van der Waals surface area contributed by atoms with Gasteiger partial charge in [0.05, 0.1) is 12.1 Å². The summed E-state index contributed by atoms with van der Waals surface area (Å²) in [6.07, 6.45) is 0.213. The highest BCUT2D eigenvalue weighted by atomic mass is 19.1. The van der Waals surface area contributed by atoms with Crippen LogP contribution in [0.5, 0.6) is 0 Å². The standard InChI is InChI=1S/C18H17F3N2O/c19-14-3-1-13(2-4-14)11-18(24)23-9-7-22(8-10-23)17-6-5-15(20)12-16(17)21/h1-6,12H,7-11H2. The minimum absolute atomic E-state index is 0.0409. The third-order valence-corrected chi connectivity index (χ3v) is 4.15. The summed E-state index contributed by atoms with van der Waals surface area (Å²) in [5.41, 5.74) is 1.11. The highest BCUT2D eigenvalue weighted by Crippen LogP contribution is 2.21.